The molecular weight excluding hydrogens is 256 g/mol. The van der Waals surface area contributed by atoms with Crippen LogP contribution in [0, 0.1) is 5.92 Å². The average Bonchev–Trinajstić information content (AvgIpc) is 2.44. The second-order valence-electron chi connectivity index (χ2n) is 5.08. The van der Waals surface area contributed by atoms with Crippen molar-refractivity contribution in [1.29, 1.82) is 0 Å². The number of carbonyl (C=O) groups excluding carboxylic acids is 1. The summed E-state index contributed by atoms with van der Waals surface area (Å²) in [5, 5.41) is 5.72. The molecule has 0 spiro atoms. The van der Waals surface area contributed by atoms with Crippen LogP contribution in [0.25, 0.3) is 0 Å². The molecule has 0 radical (unpaired) electrons. The van der Waals surface area contributed by atoms with Crippen molar-refractivity contribution in [3.05, 3.63) is 23.8 Å². The van der Waals surface area contributed by atoms with E-state index in [9.17, 15) is 4.79 Å². The number of urea groups is 1. The molecule has 20 heavy (non-hydrogen) atoms. The van der Waals surface area contributed by atoms with Crippen LogP contribution in [-0.4, -0.2) is 26.8 Å². The Morgan fingerprint density at radius 1 is 1.15 bits per heavy atom. The van der Waals surface area contributed by atoms with Crippen LogP contribution in [0.2, 0.25) is 0 Å². The van der Waals surface area contributed by atoms with E-state index in [0.717, 1.165) is 5.56 Å². The lowest BCUT2D eigenvalue weighted by Gasteiger charge is -2.17. The van der Waals surface area contributed by atoms with Crippen LogP contribution in [0.3, 0.4) is 0 Å². The predicted octanol–water partition coefficient (Wildman–Crippen LogP) is 2.72. The van der Waals surface area contributed by atoms with Gasteiger partial charge in [-0.3, -0.25) is 0 Å². The van der Waals surface area contributed by atoms with Crippen molar-refractivity contribution in [2.24, 2.45) is 5.92 Å². The van der Waals surface area contributed by atoms with Crippen molar-refractivity contribution < 1.29 is 14.3 Å². The predicted molar refractivity (Wildman–Crippen MR) is 79.3 cm³/mol. The highest BCUT2D eigenvalue weighted by atomic mass is 16.5. The van der Waals surface area contributed by atoms with Gasteiger partial charge in [0.25, 0.3) is 0 Å². The van der Waals surface area contributed by atoms with Gasteiger partial charge in [-0.25, -0.2) is 4.79 Å². The first kappa shape index (κ1) is 16.1. The zero-order valence-corrected chi connectivity index (χ0v) is 12.8. The average molecular weight is 280 g/mol. The fourth-order valence-corrected chi connectivity index (χ4v) is 1.75. The van der Waals surface area contributed by atoms with E-state index in [2.05, 4.69) is 24.5 Å². The van der Waals surface area contributed by atoms with Gasteiger partial charge in [-0.2, -0.15) is 0 Å². The summed E-state index contributed by atoms with van der Waals surface area (Å²) in [5.41, 5.74) is 0.961. The Morgan fingerprint density at radius 2 is 1.80 bits per heavy atom. The molecule has 5 nitrogen and oxygen atoms in total. The third-order valence-electron chi connectivity index (χ3n) is 2.93. The molecule has 0 aliphatic carbocycles. The number of amides is 2. The Kier molecular flexibility index (Phi) is 6.15. The highest BCUT2D eigenvalue weighted by molar-refractivity contribution is 5.74. The molecule has 0 heterocycles. The topological polar surface area (TPSA) is 59.6 Å². The molecule has 0 aliphatic heterocycles. The Labute approximate surface area is 120 Å². The molecule has 0 saturated heterocycles. The van der Waals surface area contributed by atoms with Gasteiger partial charge < -0.3 is 20.1 Å². The highest BCUT2D eigenvalue weighted by Gasteiger charge is 2.12. The Morgan fingerprint density at radius 3 is 2.35 bits per heavy atom. The Bertz CT molecular complexity index is 447. The van der Waals surface area contributed by atoms with Crippen LogP contribution in [0.5, 0.6) is 11.5 Å². The van der Waals surface area contributed by atoms with Gasteiger partial charge >= 0.3 is 6.03 Å². The van der Waals surface area contributed by atoms with Gasteiger partial charge in [0.15, 0.2) is 11.5 Å². The molecular formula is C15H24N2O3. The molecule has 1 atom stereocenters. The lowest BCUT2D eigenvalue weighted by Crippen LogP contribution is -2.38. The summed E-state index contributed by atoms with van der Waals surface area (Å²) in [5.74, 6) is 1.76. The van der Waals surface area contributed by atoms with E-state index in [4.69, 9.17) is 9.47 Å². The van der Waals surface area contributed by atoms with Gasteiger partial charge in [0.1, 0.15) is 0 Å². The third-order valence-corrected chi connectivity index (χ3v) is 2.93. The summed E-state index contributed by atoms with van der Waals surface area (Å²) in [4.78, 5) is 11.7. The van der Waals surface area contributed by atoms with Crippen LogP contribution in [-0.2, 0) is 0 Å². The van der Waals surface area contributed by atoms with E-state index in [1.807, 2.05) is 25.1 Å². The van der Waals surface area contributed by atoms with Crippen molar-refractivity contribution in [2.45, 2.75) is 26.8 Å². The number of benzene rings is 1. The maximum absolute atomic E-state index is 11.7. The standard InChI is InChI=1S/C15H24N2O3/c1-10(2)9-16-15(18)17-11(3)12-6-7-13(19-4)14(8-12)20-5/h6-8,10-11H,9H2,1-5H3,(H2,16,17,18). The number of carbonyl (C=O) groups is 1. The van der Waals surface area contributed by atoms with E-state index >= 15 is 0 Å². The molecule has 112 valence electrons. The number of hydrogen-bond acceptors (Lipinski definition) is 3. The minimum absolute atomic E-state index is 0.109. The molecule has 5 heteroatoms. The number of rotatable bonds is 6. The fraction of sp³-hybridized carbons (Fsp3) is 0.533. The zero-order valence-electron chi connectivity index (χ0n) is 12.8. The first-order valence-electron chi connectivity index (χ1n) is 6.74. The normalized spacial score (nSPS) is 11.9. The summed E-state index contributed by atoms with van der Waals surface area (Å²) in [6.45, 7) is 6.69. The summed E-state index contributed by atoms with van der Waals surface area (Å²) < 4.78 is 10.4. The summed E-state index contributed by atoms with van der Waals surface area (Å²) in [7, 11) is 3.19. The van der Waals surface area contributed by atoms with Gasteiger partial charge in [0, 0.05) is 6.54 Å². The Balaban J connectivity index is 2.67. The van der Waals surface area contributed by atoms with Gasteiger partial charge in [-0.05, 0) is 30.5 Å². The maximum Gasteiger partial charge on any atom is 0.315 e. The monoisotopic (exact) mass is 280 g/mol. The fourth-order valence-electron chi connectivity index (χ4n) is 1.75. The molecule has 1 aromatic carbocycles. The molecule has 0 fully saturated rings. The van der Waals surface area contributed by atoms with Crippen molar-refractivity contribution in [1.82, 2.24) is 10.6 Å². The quantitative estimate of drug-likeness (QED) is 0.842. The molecule has 0 saturated carbocycles. The lowest BCUT2D eigenvalue weighted by molar-refractivity contribution is 0.236. The number of ether oxygens (including phenoxy) is 2. The second-order valence-corrected chi connectivity index (χ2v) is 5.08. The summed E-state index contributed by atoms with van der Waals surface area (Å²) in [6, 6.07) is 5.34. The summed E-state index contributed by atoms with van der Waals surface area (Å²) >= 11 is 0. The first-order chi connectivity index (χ1) is 9.47. The van der Waals surface area contributed by atoms with Crippen LogP contribution < -0.4 is 20.1 Å². The minimum Gasteiger partial charge on any atom is -0.493 e. The highest BCUT2D eigenvalue weighted by Crippen LogP contribution is 2.29. The SMILES string of the molecule is COc1ccc(C(C)NC(=O)NCC(C)C)cc1OC. The zero-order chi connectivity index (χ0) is 15.1. The van der Waals surface area contributed by atoms with Crippen molar-refractivity contribution in [3.8, 4) is 11.5 Å². The lowest BCUT2D eigenvalue weighted by atomic mass is 10.1. The van der Waals surface area contributed by atoms with Gasteiger partial charge in [-0.15, -0.1) is 0 Å². The molecule has 0 aromatic heterocycles. The number of methoxy groups -OCH3 is 2. The van der Waals surface area contributed by atoms with Crippen molar-refractivity contribution >= 4 is 6.03 Å². The van der Waals surface area contributed by atoms with Crippen molar-refractivity contribution in [2.75, 3.05) is 20.8 Å². The molecule has 1 rings (SSSR count). The molecule has 0 aliphatic rings. The smallest absolute Gasteiger partial charge is 0.315 e. The largest absolute Gasteiger partial charge is 0.493 e. The van der Waals surface area contributed by atoms with E-state index in [1.165, 1.54) is 0 Å². The van der Waals surface area contributed by atoms with Gasteiger partial charge in [-0.1, -0.05) is 19.9 Å². The van der Waals surface area contributed by atoms with E-state index in [-0.39, 0.29) is 12.1 Å². The second kappa shape index (κ2) is 7.62. The molecule has 2 amide bonds. The Hall–Kier alpha value is -1.91. The van der Waals surface area contributed by atoms with Gasteiger partial charge in [0.2, 0.25) is 0 Å². The number of nitrogens with one attached hydrogen (secondary N) is 2. The van der Waals surface area contributed by atoms with E-state index in [0.29, 0.717) is 24.0 Å². The van der Waals surface area contributed by atoms with Crippen LogP contribution in [0.15, 0.2) is 18.2 Å². The van der Waals surface area contributed by atoms with E-state index in [1.54, 1.807) is 14.2 Å². The molecule has 2 N–H and O–H groups in total. The minimum atomic E-state index is -0.166. The first-order valence-corrected chi connectivity index (χ1v) is 6.74. The van der Waals surface area contributed by atoms with E-state index < -0.39 is 0 Å². The molecule has 1 aromatic rings. The van der Waals surface area contributed by atoms with Crippen LogP contribution >= 0.6 is 0 Å². The van der Waals surface area contributed by atoms with Gasteiger partial charge in [0.05, 0.1) is 20.3 Å². The summed E-state index contributed by atoms with van der Waals surface area (Å²) in [6.07, 6.45) is 0. The van der Waals surface area contributed by atoms with Crippen LogP contribution in [0.4, 0.5) is 4.79 Å². The van der Waals surface area contributed by atoms with Crippen molar-refractivity contribution in [3.63, 3.8) is 0 Å². The van der Waals surface area contributed by atoms with Crippen LogP contribution in [0.1, 0.15) is 32.4 Å². The number of hydrogen-bond donors (Lipinski definition) is 2. The molecule has 0 bridgehead atoms. The molecule has 1 unspecified atom stereocenters. The maximum atomic E-state index is 11.7. The third kappa shape index (κ3) is 4.64.